The maximum Gasteiger partial charge on any atom is 0.340 e. The molecule has 0 spiro atoms. The number of hydrogen-bond acceptors (Lipinski definition) is 4. The number of benzene rings is 2. The van der Waals surface area contributed by atoms with Gasteiger partial charge < -0.3 is 15.0 Å². The maximum absolute atomic E-state index is 12.4. The topological polar surface area (TPSA) is 75.7 Å². The number of rotatable bonds is 8. The van der Waals surface area contributed by atoms with Crippen LogP contribution >= 0.6 is 0 Å². The number of esters is 1. The van der Waals surface area contributed by atoms with Crippen LogP contribution in [0.5, 0.6) is 0 Å². The van der Waals surface area contributed by atoms with Crippen molar-refractivity contribution in [1.29, 1.82) is 0 Å². The Morgan fingerprint density at radius 1 is 1.04 bits per heavy atom. The zero-order valence-corrected chi connectivity index (χ0v) is 16.5. The van der Waals surface area contributed by atoms with Gasteiger partial charge in [-0.1, -0.05) is 42.0 Å². The van der Waals surface area contributed by atoms with Crippen LogP contribution in [0.1, 0.15) is 41.8 Å². The Morgan fingerprint density at radius 2 is 1.71 bits per heavy atom. The fourth-order valence-electron chi connectivity index (χ4n) is 2.69. The normalized spacial score (nSPS) is 10.2. The molecule has 0 atom stereocenters. The van der Waals surface area contributed by atoms with Gasteiger partial charge in [0.15, 0.2) is 0 Å². The highest BCUT2D eigenvalue weighted by atomic mass is 16.5. The van der Waals surface area contributed by atoms with Gasteiger partial charge in [0, 0.05) is 26.4 Å². The molecule has 0 unspecified atom stereocenters. The SMILES string of the molecule is CCOC(=O)c1ccccc1NC(=O)CCN(Cc1ccc(C)cc1)C(C)=O. The predicted molar refractivity (Wildman–Crippen MR) is 108 cm³/mol. The smallest absolute Gasteiger partial charge is 0.340 e. The van der Waals surface area contributed by atoms with E-state index in [1.807, 2.05) is 31.2 Å². The van der Waals surface area contributed by atoms with Crippen LogP contribution in [0.3, 0.4) is 0 Å². The van der Waals surface area contributed by atoms with Crippen molar-refractivity contribution >= 4 is 23.5 Å². The Labute approximate surface area is 165 Å². The average Bonchev–Trinajstić information content (AvgIpc) is 2.67. The molecule has 0 aliphatic carbocycles. The first-order chi connectivity index (χ1) is 13.4. The van der Waals surface area contributed by atoms with Crippen molar-refractivity contribution in [2.45, 2.75) is 33.7 Å². The Balaban J connectivity index is 1.97. The molecule has 0 aliphatic heterocycles. The number of anilines is 1. The van der Waals surface area contributed by atoms with Gasteiger partial charge in [0.05, 0.1) is 17.9 Å². The molecule has 0 radical (unpaired) electrons. The molecule has 6 nitrogen and oxygen atoms in total. The summed E-state index contributed by atoms with van der Waals surface area (Å²) in [6.45, 7) is 6.21. The zero-order chi connectivity index (χ0) is 20.5. The highest BCUT2D eigenvalue weighted by molar-refractivity contribution is 6.01. The molecule has 2 amide bonds. The molecule has 6 heteroatoms. The summed E-state index contributed by atoms with van der Waals surface area (Å²) >= 11 is 0. The molecule has 0 bridgehead atoms. The van der Waals surface area contributed by atoms with Gasteiger partial charge in [0.25, 0.3) is 0 Å². The number of nitrogens with one attached hydrogen (secondary N) is 1. The van der Waals surface area contributed by atoms with Gasteiger partial charge >= 0.3 is 5.97 Å². The van der Waals surface area contributed by atoms with Crippen LogP contribution in [0.15, 0.2) is 48.5 Å². The molecule has 2 rings (SSSR count). The molecule has 2 aromatic carbocycles. The fraction of sp³-hybridized carbons (Fsp3) is 0.318. The van der Waals surface area contributed by atoms with Crippen LogP contribution in [0.2, 0.25) is 0 Å². The molecule has 1 N–H and O–H groups in total. The van der Waals surface area contributed by atoms with Crippen molar-refractivity contribution in [1.82, 2.24) is 4.90 Å². The lowest BCUT2D eigenvalue weighted by atomic mass is 10.1. The van der Waals surface area contributed by atoms with Crippen molar-refractivity contribution in [3.8, 4) is 0 Å². The van der Waals surface area contributed by atoms with E-state index >= 15 is 0 Å². The van der Waals surface area contributed by atoms with Crippen LogP contribution in [-0.2, 0) is 20.9 Å². The van der Waals surface area contributed by atoms with Crippen LogP contribution in [-0.4, -0.2) is 35.8 Å². The Bertz CT molecular complexity index is 831. The lowest BCUT2D eigenvalue weighted by Crippen LogP contribution is -2.31. The predicted octanol–water partition coefficient (Wildman–Crippen LogP) is 3.55. The summed E-state index contributed by atoms with van der Waals surface area (Å²) in [5.41, 5.74) is 2.87. The minimum Gasteiger partial charge on any atom is -0.462 e. The molecule has 0 aliphatic rings. The number of carbonyl (C=O) groups excluding carboxylic acids is 3. The van der Waals surface area contributed by atoms with Crippen molar-refractivity contribution in [3.05, 3.63) is 65.2 Å². The van der Waals surface area contributed by atoms with E-state index in [4.69, 9.17) is 4.74 Å². The van der Waals surface area contributed by atoms with E-state index < -0.39 is 5.97 Å². The van der Waals surface area contributed by atoms with E-state index in [-0.39, 0.29) is 31.4 Å². The van der Waals surface area contributed by atoms with Gasteiger partial charge in [-0.05, 0) is 31.5 Å². The fourth-order valence-corrected chi connectivity index (χ4v) is 2.69. The average molecular weight is 382 g/mol. The molecule has 0 saturated heterocycles. The van der Waals surface area contributed by atoms with Crippen molar-refractivity contribution < 1.29 is 19.1 Å². The van der Waals surface area contributed by atoms with Gasteiger partial charge in [0.2, 0.25) is 11.8 Å². The third kappa shape index (κ3) is 6.23. The standard InChI is InChI=1S/C22H26N2O4/c1-4-28-22(27)19-7-5-6-8-20(19)23-21(26)13-14-24(17(3)25)15-18-11-9-16(2)10-12-18/h5-12H,4,13-15H2,1-3H3,(H,23,26). The van der Waals surface area contributed by atoms with Gasteiger partial charge in [0.1, 0.15) is 0 Å². The number of hydrogen-bond donors (Lipinski definition) is 1. The van der Waals surface area contributed by atoms with Gasteiger partial charge in [-0.15, -0.1) is 0 Å². The van der Waals surface area contributed by atoms with Gasteiger partial charge in [-0.3, -0.25) is 9.59 Å². The Hall–Kier alpha value is -3.15. The molecule has 0 aromatic heterocycles. The second kappa shape index (κ2) is 10.3. The molecule has 148 valence electrons. The van der Waals surface area contributed by atoms with Crippen LogP contribution in [0, 0.1) is 6.92 Å². The van der Waals surface area contributed by atoms with E-state index in [0.717, 1.165) is 11.1 Å². The van der Waals surface area contributed by atoms with Gasteiger partial charge in [-0.25, -0.2) is 4.79 Å². The summed E-state index contributed by atoms with van der Waals surface area (Å²) in [6.07, 6.45) is 0.128. The third-order valence-corrected chi connectivity index (χ3v) is 4.24. The van der Waals surface area contributed by atoms with Crippen LogP contribution < -0.4 is 5.32 Å². The summed E-state index contributed by atoms with van der Waals surface area (Å²) in [4.78, 5) is 37.9. The van der Waals surface area contributed by atoms with Crippen molar-refractivity contribution in [2.75, 3.05) is 18.5 Å². The summed E-state index contributed by atoms with van der Waals surface area (Å²) < 4.78 is 5.01. The first-order valence-electron chi connectivity index (χ1n) is 9.27. The number of aryl methyl sites for hydroxylation is 1. The Morgan fingerprint density at radius 3 is 2.36 bits per heavy atom. The lowest BCUT2D eigenvalue weighted by Gasteiger charge is -2.21. The van der Waals surface area contributed by atoms with Crippen molar-refractivity contribution in [3.63, 3.8) is 0 Å². The second-order valence-corrected chi connectivity index (χ2v) is 6.49. The summed E-state index contributed by atoms with van der Waals surface area (Å²) in [5, 5.41) is 2.74. The molecular formula is C22H26N2O4. The monoisotopic (exact) mass is 382 g/mol. The summed E-state index contributed by atoms with van der Waals surface area (Å²) in [5.74, 6) is -0.852. The third-order valence-electron chi connectivity index (χ3n) is 4.24. The summed E-state index contributed by atoms with van der Waals surface area (Å²) in [7, 11) is 0. The largest absolute Gasteiger partial charge is 0.462 e. The lowest BCUT2D eigenvalue weighted by molar-refractivity contribution is -0.129. The molecule has 0 fully saturated rings. The number of para-hydroxylation sites is 1. The van der Waals surface area contributed by atoms with E-state index in [1.165, 1.54) is 6.92 Å². The molecule has 2 aromatic rings. The van der Waals surface area contributed by atoms with E-state index in [9.17, 15) is 14.4 Å². The Kier molecular flexibility index (Phi) is 7.75. The first-order valence-corrected chi connectivity index (χ1v) is 9.27. The minimum atomic E-state index is -0.483. The highest BCUT2D eigenvalue weighted by Gasteiger charge is 2.16. The number of ether oxygens (including phenoxy) is 1. The molecule has 0 saturated carbocycles. The maximum atomic E-state index is 12.4. The molecular weight excluding hydrogens is 356 g/mol. The number of nitrogens with zero attached hydrogens (tertiary/aromatic N) is 1. The number of carbonyl (C=O) groups is 3. The molecule has 28 heavy (non-hydrogen) atoms. The van der Waals surface area contributed by atoms with Crippen molar-refractivity contribution in [2.24, 2.45) is 0 Å². The second-order valence-electron chi connectivity index (χ2n) is 6.49. The first kappa shape index (κ1) is 21.2. The van der Waals surface area contributed by atoms with E-state index in [0.29, 0.717) is 17.8 Å². The zero-order valence-electron chi connectivity index (χ0n) is 16.5. The van der Waals surface area contributed by atoms with E-state index in [2.05, 4.69) is 5.32 Å². The highest BCUT2D eigenvalue weighted by Crippen LogP contribution is 2.17. The quantitative estimate of drug-likeness (QED) is 0.709. The van der Waals surface area contributed by atoms with E-state index in [1.54, 1.807) is 36.1 Å². The molecule has 0 heterocycles. The van der Waals surface area contributed by atoms with Crippen LogP contribution in [0.4, 0.5) is 5.69 Å². The number of amides is 2. The minimum absolute atomic E-state index is 0.0969. The van der Waals surface area contributed by atoms with Gasteiger partial charge in [-0.2, -0.15) is 0 Å². The summed E-state index contributed by atoms with van der Waals surface area (Å²) in [6, 6.07) is 14.6. The van der Waals surface area contributed by atoms with Crippen LogP contribution in [0.25, 0.3) is 0 Å².